The average Bonchev–Trinajstić information content (AvgIpc) is 2.93. The summed E-state index contributed by atoms with van der Waals surface area (Å²) in [4.78, 5) is 41.8. The molecule has 198 valence electrons. The molecule has 0 fully saturated rings. The summed E-state index contributed by atoms with van der Waals surface area (Å²) in [6, 6.07) is 24.7. The number of ketones is 1. The minimum Gasteiger partial charge on any atom is -0.423 e. The fourth-order valence-electron chi connectivity index (χ4n) is 4.09. The van der Waals surface area contributed by atoms with Gasteiger partial charge in [-0.15, -0.1) is 0 Å². The van der Waals surface area contributed by atoms with E-state index in [2.05, 4.69) is 31.1 Å². The van der Waals surface area contributed by atoms with E-state index < -0.39 is 12.0 Å². The summed E-state index contributed by atoms with van der Waals surface area (Å²) in [7, 11) is 0. The highest BCUT2D eigenvalue weighted by Crippen LogP contribution is 2.23. The molecule has 1 heterocycles. The fraction of sp³-hybridized carbons (Fsp3) is 0.212. The van der Waals surface area contributed by atoms with Crippen molar-refractivity contribution in [2.45, 2.75) is 45.6 Å². The molecule has 1 N–H and O–H groups in total. The van der Waals surface area contributed by atoms with Crippen molar-refractivity contribution < 1.29 is 19.1 Å². The number of aromatic nitrogens is 1. The van der Waals surface area contributed by atoms with Gasteiger partial charge in [-0.3, -0.25) is 14.6 Å². The van der Waals surface area contributed by atoms with Crippen LogP contribution in [0.1, 0.15) is 59.5 Å². The van der Waals surface area contributed by atoms with Crippen LogP contribution in [0.15, 0.2) is 97.3 Å². The molecule has 0 aliphatic carbocycles. The predicted molar refractivity (Wildman–Crippen MR) is 152 cm³/mol. The van der Waals surface area contributed by atoms with Crippen molar-refractivity contribution in [2.24, 2.45) is 0 Å². The van der Waals surface area contributed by atoms with Crippen LogP contribution in [0.2, 0.25) is 0 Å². The van der Waals surface area contributed by atoms with E-state index in [0.717, 1.165) is 22.3 Å². The molecule has 0 radical (unpaired) electrons. The third-order valence-corrected chi connectivity index (χ3v) is 6.50. The first-order chi connectivity index (χ1) is 18.6. The molecule has 1 aromatic heterocycles. The van der Waals surface area contributed by atoms with Gasteiger partial charge in [0.15, 0.2) is 5.78 Å². The normalized spacial score (nSPS) is 11.9. The second-order valence-corrected chi connectivity index (χ2v) is 10.5. The Morgan fingerprint density at radius 1 is 0.821 bits per heavy atom. The summed E-state index contributed by atoms with van der Waals surface area (Å²) in [6.07, 6.45) is 3.80. The number of nitrogens with zero attached hydrogens (tertiary/aromatic N) is 1. The Balaban J connectivity index is 1.36. The number of ether oxygens (including phenoxy) is 1. The van der Waals surface area contributed by atoms with Crippen molar-refractivity contribution in [3.8, 4) is 16.9 Å². The summed E-state index contributed by atoms with van der Waals surface area (Å²) in [5, 5.41) is 2.85. The quantitative estimate of drug-likeness (QED) is 0.221. The first-order valence-corrected chi connectivity index (χ1v) is 12.8. The van der Waals surface area contributed by atoms with E-state index in [1.54, 1.807) is 60.9 Å². The van der Waals surface area contributed by atoms with Crippen LogP contribution < -0.4 is 10.1 Å². The summed E-state index contributed by atoms with van der Waals surface area (Å²) in [5.41, 5.74) is 4.81. The lowest BCUT2D eigenvalue weighted by Gasteiger charge is -2.20. The molecule has 6 nitrogen and oxygen atoms in total. The van der Waals surface area contributed by atoms with Gasteiger partial charge in [-0.05, 0) is 83.5 Å². The van der Waals surface area contributed by atoms with Crippen molar-refractivity contribution in [2.75, 3.05) is 0 Å². The Kier molecular flexibility index (Phi) is 8.35. The zero-order chi connectivity index (χ0) is 28.0. The lowest BCUT2D eigenvalue weighted by molar-refractivity contribution is -0.118. The zero-order valence-electron chi connectivity index (χ0n) is 22.6. The SMILES string of the molecule is CC(=O)[C@H](Cc1ccc(OC(=O)c2ccc(-c3cccnc3)cc2)cc1)NC(=O)c1ccc(C(C)(C)C)cc1. The monoisotopic (exact) mass is 520 g/mol. The summed E-state index contributed by atoms with van der Waals surface area (Å²) in [6.45, 7) is 7.80. The Morgan fingerprint density at radius 2 is 1.46 bits per heavy atom. The maximum atomic E-state index is 12.8. The van der Waals surface area contributed by atoms with Crippen LogP contribution in [0.3, 0.4) is 0 Å². The highest BCUT2D eigenvalue weighted by molar-refractivity contribution is 5.97. The van der Waals surface area contributed by atoms with E-state index >= 15 is 0 Å². The molecule has 0 aliphatic rings. The Hall–Kier alpha value is -4.58. The summed E-state index contributed by atoms with van der Waals surface area (Å²) in [5.74, 6) is -0.509. The van der Waals surface area contributed by atoms with Crippen LogP contribution in [-0.4, -0.2) is 28.7 Å². The summed E-state index contributed by atoms with van der Waals surface area (Å²) < 4.78 is 5.52. The van der Waals surface area contributed by atoms with Gasteiger partial charge in [-0.25, -0.2) is 4.79 Å². The number of hydrogen-bond donors (Lipinski definition) is 1. The van der Waals surface area contributed by atoms with E-state index in [1.807, 2.05) is 36.4 Å². The minimum atomic E-state index is -0.675. The zero-order valence-corrected chi connectivity index (χ0v) is 22.6. The second kappa shape index (κ2) is 11.9. The van der Waals surface area contributed by atoms with Crippen molar-refractivity contribution >= 4 is 17.7 Å². The van der Waals surface area contributed by atoms with Crippen molar-refractivity contribution in [3.63, 3.8) is 0 Å². The molecule has 39 heavy (non-hydrogen) atoms. The number of pyridine rings is 1. The second-order valence-electron chi connectivity index (χ2n) is 10.5. The van der Waals surface area contributed by atoms with Crippen LogP contribution in [0.5, 0.6) is 5.75 Å². The smallest absolute Gasteiger partial charge is 0.343 e. The molecule has 3 aromatic carbocycles. The molecule has 0 spiro atoms. The van der Waals surface area contributed by atoms with Gasteiger partial charge in [0.1, 0.15) is 5.75 Å². The molecule has 0 aliphatic heterocycles. The highest BCUT2D eigenvalue weighted by Gasteiger charge is 2.20. The average molecular weight is 521 g/mol. The highest BCUT2D eigenvalue weighted by atomic mass is 16.5. The molecule has 4 rings (SSSR count). The molecule has 1 amide bonds. The summed E-state index contributed by atoms with van der Waals surface area (Å²) >= 11 is 0. The van der Waals surface area contributed by atoms with E-state index in [-0.39, 0.29) is 17.1 Å². The van der Waals surface area contributed by atoms with E-state index in [0.29, 0.717) is 23.3 Å². The Labute approximate surface area is 229 Å². The molecular formula is C33H32N2O4. The number of amides is 1. The Morgan fingerprint density at radius 3 is 2.03 bits per heavy atom. The van der Waals surface area contributed by atoms with Gasteiger partial charge < -0.3 is 10.1 Å². The van der Waals surface area contributed by atoms with Gasteiger partial charge in [0, 0.05) is 18.0 Å². The van der Waals surface area contributed by atoms with E-state index in [9.17, 15) is 14.4 Å². The number of carbonyl (C=O) groups excluding carboxylic acids is 3. The van der Waals surface area contributed by atoms with Crippen LogP contribution in [0.25, 0.3) is 11.1 Å². The van der Waals surface area contributed by atoms with Gasteiger partial charge in [0.05, 0.1) is 11.6 Å². The van der Waals surface area contributed by atoms with E-state index in [4.69, 9.17) is 4.74 Å². The number of hydrogen-bond acceptors (Lipinski definition) is 5. The number of nitrogens with one attached hydrogen (secondary N) is 1. The number of rotatable bonds is 8. The maximum Gasteiger partial charge on any atom is 0.343 e. The predicted octanol–water partition coefficient (Wildman–Crippen LogP) is 6.20. The number of Topliss-reactive ketones (excluding diaryl/α,β-unsaturated/α-hetero) is 1. The third-order valence-electron chi connectivity index (χ3n) is 6.50. The molecular weight excluding hydrogens is 488 g/mol. The van der Waals surface area contributed by atoms with Gasteiger partial charge in [-0.2, -0.15) is 0 Å². The van der Waals surface area contributed by atoms with Gasteiger partial charge >= 0.3 is 5.97 Å². The Bertz CT molecular complexity index is 1440. The first kappa shape index (κ1) is 27.5. The number of benzene rings is 3. The van der Waals surface area contributed by atoms with E-state index in [1.165, 1.54) is 6.92 Å². The van der Waals surface area contributed by atoms with Crippen LogP contribution in [0, 0.1) is 0 Å². The number of esters is 1. The molecule has 1 atom stereocenters. The van der Waals surface area contributed by atoms with Crippen LogP contribution >= 0.6 is 0 Å². The molecule has 0 unspecified atom stereocenters. The van der Waals surface area contributed by atoms with Gasteiger partial charge in [0.2, 0.25) is 0 Å². The lowest BCUT2D eigenvalue weighted by atomic mass is 9.86. The molecule has 0 saturated carbocycles. The maximum absolute atomic E-state index is 12.8. The molecule has 4 aromatic rings. The molecule has 0 saturated heterocycles. The topological polar surface area (TPSA) is 85.4 Å². The van der Waals surface area contributed by atoms with Crippen molar-refractivity contribution in [3.05, 3.63) is 120 Å². The minimum absolute atomic E-state index is 0.0116. The number of carbonyl (C=O) groups is 3. The first-order valence-electron chi connectivity index (χ1n) is 12.8. The standard InChI is InChI=1S/C33H32N2O4/c1-22(36)30(35-31(37)25-13-15-28(16-14-25)33(2,3)4)20-23-7-17-29(18-8-23)39-32(38)26-11-9-24(10-12-26)27-6-5-19-34-21-27/h5-19,21,30H,20H2,1-4H3,(H,35,37)/t30-/m0/s1. The van der Waals surface area contributed by atoms with Crippen LogP contribution in [-0.2, 0) is 16.6 Å². The van der Waals surface area contributed by atoms with Crippen molar-refractivity contribution in [1.82, 2.24) is 10.3 Å². The van der Waals surface area contributed by atoms with Crippen molar-refractivity contribution in [1.29, 1.82) is 0 Å². The van der Waals surface area contributed by atoms with Gasteiger partial charge in [0.25, 0.3) is 5.91 Å². The van der Waals surface area contributed by atoms with Gasteiger partial charge in [-0.1, -0.05) is 63.2 Å². The third kappa shape index (κ3) is 7.26. The molecule has 0 bridgehead atoms. The fourth-order valence-corrected chi connectivity index (χ4v) is 4.09. The lowest BCUT2D eigenvalue weighted by Crippen LogP contribution is -2.41. The molecule has 6 heteroatoms. The largest absolute Gasteiger partial charge is 0.423 e. The van der Waals surface area contributed by atoms with Crippen LogP contribution in [0.4, 0.5) is 0 Å².